The molecule has 0 aliphatic carbocycles. The van der Waals surface area contributed by atoms with E-state index in [4.69, 9.17) is 19.2 Å². The average molecular weight is 573 g/mol. The van der Waals surface area contributed by atoms with Crippen molar-refractivity contribution in [2.24, 2.45) is 0 Å². The second kappa shape index (κ2) is 11.9. The van der Waals surface area contributed by atoms with E-state index in [1.807, 2.05) is 43.3 Å². The van der Waals surface area contributed by atoms with Gasteiger partial charge in [0.25, 0.3) is 0 Å². The monoisotopic (exact) mass is 572 g/mol. The zero-order valence-electron chi connectivity index (χ0n) is 23.7. The highest BCUT2D eigenvalue weighted by atomic mass is 19.1. The van der Waals surface area contributed by atoms with Gasteiger partial charge >= 0.3 is 5.97 Å². The third kappa shape index (κ3) is 5.35. The molecule has 2 aliphatic heterocycles. The Morgan fingerprint density at radius 3 is 2.74 bits per heavy atom. The largest absolute Gasteiger partial charge is 0.488 e. The first kappa shape index (κ1) is 27.9. The van der Waals surface area contributed by atoms with Gasteiger partial charge in [0.05, 0.1) is 19.0 Å². The maximum Gasteiger partial charge on any atom is 0.342 e. The number of benzene rings is 2. The normalized spacial score (nSPS) is 15.8. The Morgan fingerprint density at radius 1 is 1.14 bits per heavy atom. The number of hydrogen-bond acceptors (Lipinski definition) is 7. The first-order chi connectivity index (χ1) is 20.4. The van der Waals surface area contributed by atoms with Gasteiger partial charge in [-0.15, -0.1) is 0 Å². The minimum Gasteiger partial charge on any atom is -0.488 e. The fourth-order valence-corrected chi connectivity index (χ4v) is 5.89. The van der Waals surface area contributed by atoms with Gasteiger partial charge in [-0.25, -0.2) is 14.2 Å². The van der Waals surface area contributed by atoms with Crippen LogP contribution in [-0.4, -0.2) is 63.7 Å². The molecule has 2 aromatic heterocycles. The van der Waals surface area contributed by atoms with Crippen LogP contribution in [0.15, 0.2) is 54.7 Å². The molecular weight excluding hydrogens is 539 g/mol. The summed E-state index contributed by atoms with van der Waals surface area (Å²) < 4.78 is 34.2. The van der Waals surface area contributed by atoms with Crippen molar-refractivity contribution in [1.82, 2.24) is 19.7 Å². The predicted molar refractivity (Wildman–Crippen MR) is 154 cm³/mol. The van der Waals surface area contributed by atoms with Crippen LogP contribution in [-0.2, 0) is 24.3 Å². The van der Waals surface area contributed by atoms with Crippen molar-refractivity contribution in [2.45, 2.75) is 45.4 Å². The Hall–Kier alpha value is -4.28. The van der Waals surface area contributed by atoms with Gasteiger partial charge in [-0.1, -0.05) is 30.3 Å². The van der Waals surface area contributed by atoms with E-state index < -0.39 is 5.97 Å². The van der Waals surface area contributed by atoms with E-state index in [2.05, 4.69) is 10.00 Å². The van der Waals surface area contributed by atoms with E-state index in [1.54, 1.807) is 12.1 Å². The molecule has 10 heteroatoms. The van der Waals surface area contributed by atoms with Crippen molar-refractivity contribution in [3.05, 3.63) is 88.4 Å². The molecule has 9 nitrogen and oxygen atoms in total. The molecule has 42 heavy (non-hydrogen) atoms. The number of rotatable bonds is 8. The van der Waals surface area contributed by atoms with Gasteiger partial charge in [-0.3, -0.25) is 4.90 Å². The van der Waals surface area contributed by atoms with Crippen LogP contribution >= 0.6 is 0 Å². The molecule has 0 amide bonds. The van der Waals surface area contributed by atoms with Gasteiger partial charge in [0.15, 0.2) is 5.82 Å². The van der Waals surface area contributed by atoms with Crippen molar-refractivity contribution in [1.29, 1.82) is 0 Å². The van der Waals surface area contributed by atoms with Crippen molar-refractivity contribution < 1.29 is 28.5 Å². The Bertz CT molecular complexity index is 1610. The lowest BCUT2D eigenvalue weighted by molar-refractivity contribution is 0.0288. The SMILES string of the molecule is COc1c(C(=O)O)cnn1-c1cccc(-c2cccc(C)c2OCc2ccc3c(c2F)CCN(C2CCOCC2)C3)n1. The molecule has 6 rings (SSSR count). The number of carboxylic acid groups (broad SMARTS) is 1. The van der Waals surface area contributed by atoms with Crippen LogP contribution < -0.4 is 9.47 Å². The highest BCUT2D eigenvalue weighted by Crippen LogP contribution is 2.34. The molecule has 1 N–H and O–H groups in total. The highest BCUT2D eigenvalue weighted by molar-refractivity contribution is 5.90. The van der Waals surface area contributed by atoms with E-state index in [0.717, 1.165) is 61.4 Å². The van der Waals surface area contributed by atoms with Crippen LogP contribution in [0.3, 0.4) is 0 Å². The van der Waals surface area contributed by atoms with Crippen LogP contribution in [0.5, 0.6) is 11.6 Å². The number of para-hydroxylation sites is 1. The zero-order chi connectivity index (χ0) is 29.2. The molecular formula is C32H33FN4O5. The first-order valence-electron chi connectivity index (χ1n) is 14.1. The summed E-state index contributed by atoms with van der Waals surface area (Å²) in [5, 5.41) is 13.6. The average Bonchev–Trinajstić information content (AvgIpc) is 3.46. The molecule has 0 radical (unpaired) electrons. The number of ether oxygens (including phenoxy) is 3. The highest BCUT2D eigenvalue weighted by Gasteiger charge is 2.27. The summed E-state index contributed by atoms with van der Waals surface area (Å²) >= 11 is 0. The molecule has 0 saturated carbocycles. The number of halogens is 1. The van der Waals surface area contributed by atoms with Gasteiger partial charge in [-0.05, 0) is 61.1 Å². The van der Waals surface area contributed by atoms with Crippen LogP contribution in [0.2, 0.25) is 0 Å². The van der Waals surface area contributed by atoms with Gasteiger partial charge in [0.1, 0.15) is 23.7 Å². The van der Waals surface area contributed by atoms with Gasteiger partial charge in [0.2, 0.25) is 5.88 Å². The summed E-state index contributed by atoms with van der Waals surface area (Å²) in [5.74, 6) is -0.265. The summed E-state index contributed by atoms with van der Waals surface area (Å²) in [6.07, 6.45) is 3.96. The Balaban J connectivity index is 1.24. The number of carbonyl (C=O) groups is 1. The van der Waals surface area contributed by atoms with Crippen LogP contribution in [0.25, 0.3) is 17.1 Å². The molecule has 2 aliphatic rings. The predicted octanol–water partition coefficient (Wildman–Crippen LogP) is 5.20. The summed E-state index contributed by atoms with van der Waals surface area (Å²) in [6, 6.07) is 15.5. The van der Waals surface area contributed by atoms with Crippen LogP contribution in [0, 0.1) is 12.7 Å². The lowest BCUT2D eigenvalue weighted by atomic mass is 9.94. The summed E-state index contributed by atoms with van der Waals surface area (Å²) in [5.41, 5.74) is 4.50. The third-order valence-corrected chi connectivity index (χ3v) is 8.11. The van der Waals surface area contributed by atoms with Crippen molar-refractivity contribution in [3.63, 3.8) is 0 Å². The maximum atomic E-state index is 15.7. The van der Waals surface area contributed by atoms with Crippen molar-refractivity contribution in [3.8, 4) is 28.7 Å². The minimum atomic E-state index is -1.14. The minimum absolute atomic E-state index is 0.0624. The second-order valence-electron chi connectivity index (χ2n) is 10.6. The van der Waals surface area contributed by atoms with E-state index in [9.17, 15) is 9.90 Å². The van der Waals surface area contributed by atoms with Crippen LogP contribution in [0.4, 0.5) is 4.39 Å². The smallest absolute Gasteiger partial charge is 0.342 e. The number of aromatic nitrogens is 3. The van der Waals surface area contributed by atoms with Gasteiger partial charge in [0, 0.05) is 43.5 Å². The fraction of sp³-hybridized carbons (Fsp3) is 0.344. The number of aromatic carboxylic acids is 1. The summed E-state index contributed by atoms with van der Waals surface area (Å²) in [6.45, 7) is 5.21. The van der Waals surface area contributed by atoms with Gasteiger partial charge < -0.3 is 19.3 Å². The van der Waals surface area contributed by atoms with E-state index >= 15 is 4.39 Å². The Morgan fingerprint density at radius 2 is 1.95 bits per heavy atom. The van der Waals surface area contributed by atoms with Gasteiger partial charge in [-0.2, -0.15) is 9.78 Å². The number of hydrogen-bond donors (Lipinski definition) is 1. The third-order valence-electron chi connectivity index (χ3n) is 8.11. The second-order valence-corrected chi connectivity index (χ2v) is 10.6. The quantitative estimate of drug-likeness (QED) is 0.308. The van der Waals surface area contributed by atoms with E-state index in [1.165, 1.54) is 18.0 Å². The standard InChI is InChI=1S/C32H33FN4O5/c1-20-5-3-6-25(27-7-4-8-28(35-27)37-31(40-2)26(17-34-37)32(38)39)30(20)42-19-22-10-9-21-18-36(14-11-24(21)29(22)33)23-12-15-41-16-13-23/h3-10,17,23H,11-16,18-19H2,1-2H3,(H,38,39). The molecule has 2 aromatic carbocycles. The van der Waals surface area contributed by atoms with Crippen molar-refractivity contribution >= 4 is 5.97 Å². The molecule has 1 saturated heterocycles. The lowest BCUT2D eigenvalue weighted by Gasteiger charge is -2.37. The number of aryl methyl sites for hydroxylation is 1. The van der Waals surface area contributed by atoms with E-state index in [0.29, 0.717) is 35.3 Å². The molecule has 0 bridgehead atoms. The lowest BCUT2D eigenvalue weighted by Crippen LogP contribution is -2.42. The fourth-order valence-electron chi connectivity index (χ4n) is 5.89. The molecule has 0 unspecified atom stereocenters. The number of fused-ring (bicyclic) bond motifs is 1. The molecule has 0 atom stereocenters. The number of methoxy groups -OCH3 is 1. The number of pyridine rings is 1. The molecule has 1 fully saturated rings. The van der Waals surface area contributed by atoms with Crippen LogP contribution in [0.1, 0.15) is 45.5 Å². The molecule has 0 spiro atoms. The Labute approximate surface area is 243 Å². The molecule has 4 heterocycles. The molecule has 4 aromatic rings. The summed E-state index contributed by atoms with van der Waals surface area (Å²) in [7, 11) is 1.39. The first-order valence-corrected chi connectivity index (χ1v) is 14.1. The maximum absolute atomic E-state index is 15.7. The molecule has 218 valence electrons. The number of nitrogens with zero attached hydrogens (tertiary/aromatic N) is 4. The number of carboxylic acids is 1. The van der Waals surface area contributed by atoms with E-state index in [-0.39, 0.29) is 23.9 Å². The van der Waals surface area contributed by atoms with Crippen molar-refractivity contribution in [2.75, 3.05) is 26.9 Å². The summed E-state index contributed by atoms with van der Waals surface area (Å²) in [4.78, 5) is 18.8. The zero-order valence-corrected chi connectivity index (χ0v) is 23.7. The topological polar surface area (TPSA) is 98.9 Å². The Kier molecular flexibility index (Phi) is 7.90.